The molecule has 4 nitrogen and oxygen atoms in total. The Morgan fingerprint density at radius 2 is 0.824 bits per heavy atom. The van der Waals surface area contributed by atoms with Gasteiger partial charge in [0, 0.05) is 42.0 Å². The van der Waals surface area contributed by atoms with Gasteiger partial charge in [0.2, 0.25) is 0 Å². The van der Waals surface area contributed by atoms with E-state index < -0.39 is 80.6 Å². The SMILES string of the molecule is CCCC(CCC)(OC)[C@H](C)N(C)Cc1c(-c2cc(C(C)(C)C)c(OC)c(-c3cc(C(F)(F)F)cc(C(F)(F)F)c3)c2CC)cc(C(C)(C)C)c(OC)c1-c1cc(C(F)(F)F)cc(C(F)(F)F)c1. The highest BCUT2D eigenvalue weighted by Crippen LogP contribution is 2.53. The molecule has 0 fully saturated rings. The molecule has 0 spiro atoms. The molecule has 0 radical (unpaired) electrons. The van der Waals surface area contributed by atoms with Gasteiger partial charge in [-0.2, -0.15) is 52.7 Å². The Hall–Kier alpha value is -4.44. The number of rotatable bonds is 15. The second-order valence-electron chi connectivity index (χ2n) is 19.5. The van der Waals surface area contributed by atoms with Crippen LogP contribution in [0.25, 0.3) is 33.4 Å². The van der Waals surface area contributed by atoms with Crippen molar-refractivity contribution in [2.24, 2.45) is 0 Å². The third-order valence-corrected chi connectivity index (χ3v) is 12.8. The third kappa shape index (κ3) is 11.8. The van der Waals surface area contributed by atoms with Crippen LogP contribution in [0, 0.1) is 0 Å². The fourth-order valence-electron chi connectivity index (χ4n) is 9.32. The third-order valence-electron chi connectivity index (χ3n) is 12.8. The van der Waals surface area contributed by atoms with E-state index in [0.717, 1.165) is 0 Å². The van der Waals surface area contributed by atoms with E-state index in [1.807, 2.05) is 25.7 Å². The van der Waals surface area contributed by atoms with Gasteiger partial charge in [0.1, 0.15) is 11.5 Å². The highest BCUT2D eigenvalue weighted by molar-refractivity contribution is 5.91. The van der Waals surface area contributed by atoms with E-state index in [2.05, 4.69) is 0 Å². The quantitative estimate of drug-likeness (QED) is 0.111. The Morgan fingerprint density at radius 1 is 0.500 bits per heavy atom. The van der Waals surface area contributed by atoms with E-state index in [1.165, 1.54) is 14.2 Å². The van der Waals surface area contributed by atoms with Crippen molar-refractivity contribution in [2.45, 2.75) is 155 Å². The van der Waals surface area contributed by atoms with Gasteiger partial charge in [-0.1, -0.05) is 75.2 Å². The summed E-state index contributed by atoms with van der Waals surface area (Å²) in [7, 11) is 5.83. The minimum Gasteiger partial charge on any atom is -0.496 e. The average Bonchev–Trinajstić information content (AvgIpc) is 3.22. The smallest absolute Gasteiger partial charge is 0.416 e. The Morgan fingerprint density at radius 3 is 1.09 bits per heavy atom. The predicted octanol–water partition coefficient (Wildman–Crippen LogP) is 16.7. The molecule has 0 aromatic heterocycles. The van der Waals surface area contributed by atoms with Crippen LogP contribution < -0.4 is 9.47 Å². The molecule has 378 valence electrons. The van der Waals surface area contributed by atoms with Crippen LogP contribution >= 0.6 is 0 Å². The monoisotopic (exact) mass is 977 g/mol. The predicted molar refractivity (Wildman–Crippen MR) is 243 cm³/mol. The summed E-state index contributed by atoms with van der Waals surface area (Å²) in [5, 5.41) is 0. The molecule has 1 atom stereocenters. The molecular formula is C52H63F12NO3. The van der Waals surface area contributed by atoms with Gasteiger partial charge in [0.25, 0.3) is 0 Å². The van der Waals surface area contributed by atoms with Gasteiger partial charge >= 0.3 is 24.7 Å². The highest BCUT2D eigenvalue weighted by Gasteiger charge is 2.42. The molecule has 4 rings (SSSR count). The standard InChI is InChI=1S/C52H63F12NO3/c1-15-18-48(68-14,19-16-2)29(4)65(11)28-39-38(27-41(47(8,9)10)45(67-13)43(39)31-22-34(51(59,60)61)25-35(23-31)52(62,63)64)37-26-40(46(5,6)7)44(66-12)42(36(37)17-3)30-20-32(49(53,54)55)24-33(21-30)50(56,57)58/h20-27,29H,15-19,28H2,1-14H3/t29-/m0/s1. The van der Waals surface area contributed by atoms with Gasteiger partial charge in [-0.15, -0.1) is 0 Å². The van der Waals surface area contributed by atoms with Crippen molar-refractivity contribution in [3.05, 3.63) is 93.0 Å². The molecule has 0 unspecified atom stereocenters. The van der Waals surface area contributed by atoms with Crippen LogP contribution in [-0.4, -0.2) is 44.9 Å². The molecule has 0 bridgehead atoms. The van der Waals surface area contributed by atoms with Crippen molar-refractivity contribution in [1.29, 1.82) is 0 Å². The molecule has 68 heavy (non-hydrogen) atoms. The summed E-state index contributed by atoms with van der Waals surface area (Å²) in [6, 6.07) is 5.52. The van der Waals surface area contributed by atoms with Crippen molar-refractivity contribution in [2.75, 3.05) is 28.4 Å². The van der Waals surface area contributed by atoms with Crippen molar-refractivity contribution in [3.8, 4) is 44.9 Å². The van der Waals surface area contributed by atoms with Crippen molar-refractivity contribution in [3.63, 3.8) is 0 Å². The molecule has 0 aliphatic rings. The molecule has 0 aliphatic heterocycles. The summed E-state index contributed by atoms with van der Waals surface area (Å²) < 4.78 is 194. The average molecular weight is 978 g/mol. The molecule has 0 amide bonds. The zero-order valence-corrected chi connectivity index (χ0v) is 41.1. The summed E-state index contributed by atoms with van der Waals surface area (Å²) in [5.41, 5.74) is -8.52. The lowest BCUT2D eigenvalue weighted by Crippen LogP contribution is -2.50. The van der Waals surface area contributed by atoms with Crippen LogP contribution in [-0.2, 0) is 53.2 Å². The first-order valence-electron chi connectivity index (χ1n) is 22.4. The van der Waals surface area contributed by atoms with E-state index >= 15 is 0 Å². The number of methoxy groups -OCH3 is 3. The van der Waals surface area contributed by atoms with Crippen LogP contribution in [0.5, 0.6) is 11.5 Å². The van der Waals surface area contributed by atoms with Gasteiger partial charge in [-0.3, -0.25) is 4.90 Å². The summed E-state index contributed by atoms with van der Waals surface area (Å²) in [4.78, 5) is 1.88. The second-order valence-corrected chi connectivity index (χ2v) is 19.5. The normalized spacial score (nSPS) is 13.9. The van der Waals surface area contributed by atoms with E-state index in [4.69, 9.17) is 14.2 Å². The van der Waals surface area contributed by atoms with Crippen LogP contribution in [0.3, 0.4) is 0 Å². The van der Waals surface area contributed by atoms with Gasteiger partial charge in [-0.25, -0.2) is 0 Å². The van der Waals surface area contributed by atoms with Crippen molar-refractivity contribution in [1.82, 2.24) is 4.90 Å². The molecule has 16 heteroatoms. The first-order valence-corrected chi connectivity index (χ1v) is 22.4. The maximum Gasteiger partial charge on any atom is 0.416 e. The Balaban J connectivity index is 2.48. The lowest BCUT2D eigenvalue weighted by Gasteiger charge is -2.43. The maximum atomic E-state index is 14.7. The molecule has 0 saturated heterocycles. The molecule has 0 aliphatic carbocycles. The largest absolute Gasteiger partial charge is 0.496 e. The number of alkyl halides is 12. The highest BCUT2D eigenvalue weighted by atomic mass is 19.4. The minimum absolute atomic E-state index is 0.0145. The number of halogens is 12. The number of hydrogen-bond acceptors (Lipinski definition) is 4. The molecule has 4 aromatic rings. The summed E-state index contributed by atoms with van der Waals surface area (Å²) in [6.07, 6.45) is -18.4. The fourth-order valence-corrected chi connectivity index (χ4v) is 9.32. The van der Waals surface area contributed by atoms with Crippen molar-refractivity contribution < 1.29 is 66.9 Å². The van der Waals surface area contributed by atoms with Crippen LogP contribution in [0.1, 0.15) is 139 Å². The fraction of sp³-hybridized carbons (Fsp3) is 0.538. The zero-order chi connectivity index (χ0) is 51.9. The summed E-state index contributed by atoms with van der Waals surface area (Å²) in [6.45, 7) is 18.0. The van der Waals surface area contributed by atoms with Crippen LogP contribution in [0.15, 0.2) is 48.5 Å². The molecular weight excluding hydrogens is 915 g/mol. The Bertz CT molecular complexity index is 2350. The number of hydrogen-bond donors (Lipinski definition) is 0. The van der Waals surface area contributed by atoms with Crippen LogP contribution in [0.2, 0.25) is 0 Å². The topological polar surface area (TPSA) is 30.9 Å². The summed E-state index contributed by atoms with van der Waals surface area (Å²) in [5.74, 6) is -0.0419. The second kappa shape index (κ2) is 20.1. The van der Waals surface area contributed by atoms with E-state index in [0.29, 0.717) is 61.1 Å². The minimum atomic E-state index is -5.24. The molecule has 0 saturated carbocycles. The first-order chi connectivity index (χ1) is 31.1. The molecule has 0 N–H and O–H groups in total. The van der Waals surface area contributed by atoms with Crippen molar-refractivity contribution >= 4 is 0 Å². The Kier molecular flexibility index (Phi) is 16.6. The number of likely N-dealkylation sites (N-methyl/N-ethyl adjacent to an activating group) is 1. The van der Waals surface area contributed by atoms with E-state index in [1.54, 1.807) is 74.8 Å². The maximum absolute atomic E-state index is 14.7. The molecule has 0 heterocycles. The lowest BCUT2D eigenvalue weighted by molar-refractivity contribution is -0.144. The van der Waals surface area contributed by atoms with E-state index in [9.17, 15) is 52.7 Å². The van der Waals surface area contributed by atoms with Gasteiger partial charge in [0.15, 0.2) is 0 Å². The van der Waals surface area contributed by atoms with Gasteiger partial charge in [-0.05, 0) is 126 Å². The zero-order valence-electron chi connectivity index (χ0n) is 41.1. The lowest BCUT2D eigenvalue weighted by atomic mass is 9.75. The first kappa shape index (κ1) is 56.2. The summed E-state index contributed by atoms with van der Waals surface area (Å²) >= 11 is 0. The number of ether oxygens (including phenoxy) is 3. The van der Waals surface area contributed by atoms with Gasteiger partial charge in [0.05, 0.1) is 42.1 Å². The number of benzene rings is 4. The number of nitrogens with zero attached hydrogens (tertiary/aromatic N) is 1. The molecule has 4 aromatic carbocycles. The van der Waals surface area contributed by atoms with Crippen LogP contribution in [0.4, 0.5) is 52.7 Å². The van der Waals surface area contributed by atoms with Gasteiger partial charge < -0.3 is 14.2 Å². The van der Waals surface area contributed by atoms with E-state index in [-0.39, 0.29) is 70.0 Å². The Labute approximate surface area is 392 Å².